The van der Waals surface area contributed by atoms with Crippen molar-refractivity contribution in [3.63, 3.8) is 0 Å². The molecule has 0 saturated carbocycles. The van der Waals surface area contributed by atoms with Gasteiger partial charge in [0.05, 0.1) is 11.0 Å². The predicted molar refractivity (Wildman–Crippen MR) is 63.1 cm³/mol. The highest BCUT2D eigenvalue weighted by Crippen LogP contribution is 2.24. The topological polar surface area (TPSA) is 104 Å². The molecule has 1 aromatic rings. The van der Waals surface area contributed by atoms with Crippen LogP contribution in [-0.2, 0) is 10.0 Å². The van der Waals surface area contributed by atoms with Gasteiger partial charge in [0.15, 0.2) is 0 Å². The third kappa shape index (κ3) is 2.86. The zero-order valence-electron chi connectivity index (χ0n) is 10.1. The quantitative estimate of drug-likeness (QED) is 0.612. The molecule has 9 heteroatoms. The molecule has 0 bridgehead atoms. The number of hydrogen-bond acceptors (Lipinski definition) is 5. The van der Waals surface area contributed by atoms with E-state index in [-0.39, 0.29) is 0 Å². The summed E-state index contributed by atoms with van der Waals surface area (Å²) in [5.74, 6) is -1.11. The number of halogens is 1. The molecule has 0 fully saturated rings. The largest absolute Gasteiger partial charge is 0.270 e. The van der Waals surface area contributed by atoms with Crippen molar-refractivity contribution in [3.05, 3.63) is 34.1 Å². The van der Waals surface area contributed by atoms with Crippen molar-refractivity contribution in [1.82, 2.24) is 4.31 Å². The van der Waals surface area contributed by atoms with E-state index in [0.29, 0.717) is 16.4 Å². The van der Waals surface area contributed by atoms with Crippen LogP contribution in [0.1, 0.15) is 6.92 Å². The lowest BCUT2D eigenvalue weighted by atomic mass is 10.3. The lowest BCUT2D eigenvalue weighted by molar-refractivity contribution is -0.385. The summed E-state index contributed by atoms with van der Waals surface area (Å²) in [7, 11) is -3.21. The number of hydrogen-bond donors (Lipinski definition) is 0. The second kappa shape index (κ2) is 5.29. The van der Waals surface area contributed by atoms with E-state index in [1.165, 1.54) is 6.92 Å². The van der Waals surface area contributed by atoms with Crippen LogP contribution < -0.4 is 0 Å². The van der Waals surface area contributed by atoms with Crippen molar-refractivity contribution in [2.45, 2.75) is 17.9 Å². The van der Waals surface area contributed by atoms with Gasteiger partial charge in [-0.15, -0.1) is 0 Å². The lowest BCUT2D eigenvalue weighted by Gasteiger charge is -2.19. The minimum absolute atomic E-state index is 0.544. The van der Waals surface area contributed by atoms with Crippen LogP contribution in [0.25, 0.3) is 0 Å². The molecule has 0 heterocycles. The molecule has 1 rings (SSSR count). The molecule has 0 aromatic heterocycles. The summed E-state index contributed by atoms with van der Waals surface area (Å²) >= 11 is 0. The van der Waals surface area contributed by atoms with Gasteiger partial charge >= 0.3 is 0 Å². The molecule has 102 valence electrons. The lowest BCUT2D eigenvalue weighted by Crippen LogP contribution is -2.34. The first-order valence-corrected chi connectivity index (χ1v) is 6.47. The molecule has 0 aliphatic rings. The van der Waals surface area contributed by atoms with Crippen LogP contribution in [0.15, 0.2) is 23.1 Å². The average Bonchev–Trinajstić information content (AvgIpc) is 2.36. The van der Waals surface area contributed by atoms with Crippen LogP contribution in [0.2, 0.25) is 0 Å². The van der Waals surface area contributed by atoms with Gasteiger partial charge in [-0.1, -0.05) is 0 Å². The maximum atomic E-state index is 13.5. The summed E-state index contributed by atoms with van der Waals surface area (Å²) in [6, 6.07) is 2.86. The third-order valence-electron chi connectivity index (χ3n) is 2.51. The van der Waals surface area contributed by atoms with Gasteiger partial charge in [0.25, 0.3) is 5.69 Å². The Bertz CT molecular complexity index is 653. The molecule has 0 N–H and O–H groups in total. The van der Waals surface area contributed by atoms with Gasteiger partial charge in [0, 0.05) is 19.2 Å². The van der Waals surface area contributed by atoms with E-state index in [1.54, 1.807) is 6.07 Å². The number of nitrogens with zero attached hydrogens (tertiary/aromatic N) is 3. The minimum atomic E-state index is -4.31. The number of rotatable bonds is 4. The molecular formula is C10H10FN3O4S. The first kappa shape index (κ1) is 15.0. The van der Waals surface area contributed by atoms with E-state index < -0.39 is 37.4 Å². The monoisotopic (exact) mass is 287 g/mol. The van der Waals surface area contributed by atoms with E-state index in [1.807, 2.05) is 0 Å². The zero-order chi connectivity index (χ0) is 14.8. The molecule has 0 spiro atoms. The van der Waals surface area contributed by atoms with Crippen LogP contribution in [-0.4, -0.2) is 30.7 Å². The maximum absolute atomic E-state index is 13.5. The summed E-state index contributed by atoms with van der Waals surface area (Å²) in [6.45, 7) is 1.31. The first-order chi connectivity index (χ1) is 8.71. The second-order valence-electron chi connectivity index (χ2n) is 3.70. The number of sulfonamides is 1. The Hall–Kier alpha value is -2.05. The Morgan fingerprint density at radius 3 is 2.58 bits per heavy atom. The van der Waals surface area contributed by atoms with Crippen molar-refractivity contribution in [2.24, 2.45) is 0 Å². The fraction of sp³-hybridized carbons (Fsp3) is 0.300. The fourth-order valence-electron chi connectivity index (χ4n) is 1.25. The van der Waals surface area contributed by atoms with Crippen molar-refractivity contribution in [3.8, 4) is 6.07 Å². The number of non-ortho nitro benzene ring substituents is 1. The van der Waals surface area contributed by atoms with Gasteiger partial charge in [-0.25, -0.2) is 12.8 Å². The second-order valence-corrected chi connectivity index (χ2v) is 5.66. The van der Waals surface area contributed by atoms with Crippen LogP contribution >= 0.6 is 0 Å². The molecular weight excluding hydrogens is 277 g/mol. The Labute approximate surface area is 109 Å². The molecule has 0 aliphatic heterocycles. The van der Waals surface area contributed by atoms with E-state index in [9.17, 15) is 22.9 Å². The van der Waals surface area contributed by atoms with Gasteiger partial charge in [-0.2, -0.15) is 9.57 Å². The number of benzene rings is 1. The molecule has 0 aliphatic carbocycles. The number of nitro groups is 1. The summed E-state index contributed by atoms with van der Waals surface area (Å²) in [4.78, 5) is 8.92. The van der Waals surface area contributed by atoms with Crippen molar-refractivity contribution < 1.29 is 17.7 Å². The van der Waals surface area contributed by atoms with Gasteiger partial charge < -0.3 is 0 Å². The SMILES string of the molecule is CC(C#N)N(C)S(=O)(=O)c1cc([N+](=O)[O-])ccc1F. The number of nitriles is 1. The Morgan fingerprint density at radius 1 is 1.53 bits per heavy atom. The van der Waals surface area contributed by atoms with E-state index in [0.717, 1.165) is 13.1 Å². The van der Waals surface area contributed by atoms with Gasteiger partial charge in [-0.05, 0) is 13.0 Å². The standard InChI is InChI=1S/C10H10FN3O4S/c1-7(6-12)13(2)19(17,18)10-5-8(14(15)16)3-4-9(10)11/h3-5,7H,1-2H3. The smallest absolute Gasteiger partial charge is 0.258 e. The Kier molecular flexibility index (Phi) is 4.18. The Balaban J connectivity index is 3.41. The normalized spacial score (nSPS) is 13.0. The molecule has 0 amide bonds. The molecule has 1 atom stereocenters. The molecule has 1 aromatic carbocycles. The van der Waals surface area contributed by atoms with Crippen molar-refractivity contribution >= 4 is 15.7 Å². The molecule has 19 heavy (non-hydrogen) atoms. The summed E-state index contributed by atoms with van der Waals surface area (Å²) < 4.78 is 38.3. The predicted octanol–water partition coefficient (Wildman–Crippen LogP) is 1.27. The third-order valence-corrected chi connectivity index (χ3v) is 4.46. The fourth-order valence-corrected chi connectivity index (χ4v) is 2.61. The van der Waals surface area contributed by atoms with E-state index in [4.69, 9.17) is 5.26 Å². The molecule has 7 nitrogen and oxygen atoms in total. The summed E-state index contributed by atoms with van der Waals surface area (Å²) in [6.07, 6.45) is 0. The molecule has 0 radical (unpaired) electrons. The van der Waals surface area contributed by atoms with E-state index >= 15 is 0 Å². The number of nitro benzene ring substituents is 1. The van der Waals surface area contributed by atoms with Crippen LogP contribution in [0.4, 0.5) is 10.1 Å². The highest BCUT2D eigenvalue weighted by molar-refractivity contribution is 7.89. The molecule has 0 saturated heterocycles. The molecule has 1 unspecified atom stereocenters. The van der Waals surface area contributed by atoms with Gasteiger partial charge in [0.1, 0.15) is 16.8 Å². The Morgan fingerprint density at radius 2 is 2.11 bits per heavy atom. The van der Waals surface area contributed by atoms with Crippen molar-refractivity contribution in [2.75, 3.05) is 7.05 Å². The maximum Gasteiger partial charge on any atom is 0.270 e. The van der Waals surface area contributed by atoms with Gasteiger partial charge in [0.2, 0.25) is 10.0 Å². The van der Waals surface area contributed by atoms with Gasteiger partial charge in [-0.3, -0.25) is 10.1 Å². The highest BCUT2D eigenvalue weighted by atomic mass is 32.2. The van der Waals surface area contributed by atoms with E-state index in [2.05, 4.69) is 0 Å². The first-order valence-electron chi connectivity index (χ1n) is 5.03. The average molecular weight is 287 g/mol. The van der Waals surface area contributed by atoms with Crippen LogP contribution in [0, 0.1) is 27.3 Å². The zero-order valence-corrected chi connectivity index (χ0v) is 10.9. The summed E-state index contributed by atoms with van der Waals surface area (Å²) in [5, 5.41) is 19.2. The van der Waals surface area contributed by atoms with Crippen molar-refractivity contribution in [1.29, 1.82) is 5.26 Å². The minimum Gasteiger partial charge on any atom is -0.258 e. The highest BCUT2D eigenvalue weighted by Gasteiger charge is 2.29. The summed E-state index contributed by atoms with van der Waals surface area (Å²) in [5.41, 5.74) is -0.544. The van der Waals surface area contributed by atoms with Crippen LogP contribution in [0.5, 0.6) is 0 Å². The van der Waals surface area contributed by atoms with Crippen LogP contribution in [0.3, 0.4) is 0 Å².